The second kappa shape index (κ2) is 5.10. The Morgan fingerprint density at radius 1 is 1.56 bits per heavy atom. The number of halogens is 1. The molecular formula is C11H13ClN2OS. The van der Waals surface area contributed by atoms with Gasteiger partial charge in [0.15, 0.2) is 0 Å². The average molecular weight is 257 g/mol. The van der Waals surface area contributed by atoms with Crippen LogP contribution >= 0.6 is 22.9 Å². The second-order valence-electron chi connectivity index (χ2n) is 3.49. The van der Waals surface area contributed by atoms with Crippen LogP contribution in [0.25, 0.3) is 10.2 Å². The molecule has 16 heavy (non-hydrogen) atoms. The molecule has 0 radical (unpaired) electrons. The van der Waals surface area contributed by atoms with Crippen LogP contribution < -0.4 is 5.73 Å². The van der Waals surface area contributed by atoms with Gasteiger partial charge in [0.05, 0.1) is 26.4 Å². The van der Waals surface area contributed by atoms with Crippen molar-refractivity contribution in [1.29, 1.82) is 0 Å². The van der Waals surface area contributed by atoms with Crippen molar-refractivity contribution in [2.45, 2.75) is 12.5 Å². The van der Waals surface area contributed by atoms with Crippen molar-refractivity contribution in [3.8, 4) is 0 Å². The van der Waals surface area contributed by atoms with Crippen LogP contribution in [0.3, 0.4) is 0 Å². The van der Waals surface area contributed by atoms with Crippen LogP contribution in [0.2, 0.25) is 5.02 Å². The average Bonchev–Trinajstić information content (AvgIpc) is 2.70. The molecule has 1 aromatic heterocycles. The van der Waals surface area contributed by atoms with Crippen LogP contribution in [0.15, 0.2) is 18.2 Å². The van der Waals surface area contributed by atoms with Crippen molar-refractivity contribution in [3.63, 3.8) is 0 Å². The topological polar surface area (TPSA) is 48.1 Å². The first-order chi connectivity index (χ1) is 7.74. The first kappa shape index (κ1) is 11.8. The summed E-state index contributed by atoms with van der Waals surface area (Å²) in [5.74, 6) is 0. The monoisotopic (exact) mass is 256 g/mol. The molecule has 86 valence electrons. The minimum Gasteiger partial charge on any atom is -0.380 e. The van der Waals surface area contributed by atoms with E-state index in [0.29, 0.717) is 6.54 Å². The fourth-order valence-corrected chi connectivity index (χ4v) is 2.82. The summed E-state index contributed by atoms with van der Waals surface area (Å²) < 4.78 is 6.27. The highest BCUT2D eigenvalue weighted by Gasteiger charge is 2.11. The summed E-state index contributed by atoms with van der Waals surface area (Å²) in [6.07, 6.45) is 0.766. The number of rotatable bonds is 4. The Morgan fingerprint density at radius 2 is 2.38 bits per heavy atom. The van der Waals surface area contributed by atoms with Gasteiger partial charge in [0, 0.05) is 20.1 Å². The van der Waals surface area contributed by atoms with E-state index in [9.17, 15) is 0 Å². The maximum absolute atomic E-state index is 6.09. The van der Waals surface area contributed by atoms with Crippen LogP contribution in [0.4, 0.5) is 0 Å². The van der Waals surface area contributed by atoms with E-state index in [0.717, 1.165) is 26.7 Å². The van der Waals surface area contributed by atoms with Gasteiger partial charge in [0.1, 0.15) is 0 Å². The van der Waals surface area contributed by atoms with Gasteiger partial charge in [0.2, 0.25) is 0 Å². The van der Waals surface area contributed by atoms with Crippen molar-refractivity contribution < 1.29 is 4.74 Å². The summed E-state index contributed by atoms with van der Waals surface area (Å²) in [4.78, 5) is 4.51. The fraction of sp³-hybridized carbons (Fsp3) is 0.364. The molecule has 0 aliphatic rings. The number of hydrogen-bond donors (Lipinski definition) is 1. The minimum atomic E-state index is 0.0272. The van der Waals surface area contributed by atoms with Gasteiger partial charge in [-0.05, 0) is 12.1 Å². The lowest BCUT2D eigenvalue weighted by molar-refractivity contribution is 0.110. The molecule has 1 heterocycles. The number of methoxy groups -OCH3 is 1. The second-order valence-corrected chi connectivity index (χ2v) is 4.98. The molecule has 0 fully saturated rings. The van der Waals surface area contributed by atoms with E-state index < -0.39 is 0 Å². The van der Waals surface area contributed by atoms with E-state index in [2.05, 4.69) is 4.98 Å². The molecule has 5 heteroatoms. The highest BCUT2D eigenvalue weighted by atomic mass is 35.5. The van der Waals surface area contributed by atoms with Crippen LogP contribution in [0.5, 0.6) is 0 Å². The zero-order chi connectivity index (χ0) is 11.5. The molecule has 2 rings (SSSR count). The van der Waals surface area contributed by atoms with E-state index in [4.69, 9.17) is 22.1 Å². The number of benzene rings is 1. The number of fused-ring (bicyclic) bond motifs is 1. The van der Waals surface area contributed by atoms with Crippen molar-refractivity contribution in [2.75, 3.05) is 13.7 Å². The molecule has 0 saturated carbocycles. The predicted molar refractivity (Wildman–Crippen MR) is 68.2 cm³/mol. The third kappa shape index (κ3) is 2.35. The molecule has 0 bridgehead atoms. The lowest BCUT2D eigenvalue weighted by Crippen LogP contribution is -2.24. The molecule has 0 aliphatic heterocycles. The molecule has 1 unspecified atom stereocenters. The number of aromatic nitrogens is 1. The standard InChI is InChI=1S/C11H13ClN2OS/c1-15-7(6-13)5-10-14-9-4-2-3-8(12)11(9)16-10/h2-4,7H,5-6,13H2,1H3. The minimum absolute atomic E-state index is 0.0272. The van der Waals surface area contributed by atoms with Crippen molar-refractivity contribution >= 4 is 33.2 Å². The molecule has 1 atom stereocenters. The van der Waals surface area contributed by atoms with E-state index in [1.807, 2.05) is 18.2 Å². The lowest BCUT2D eigenvalue weighted by Gasteiger charge is -2.09. The van der Waals surface area contributed by atoms with Gasteiger partial charge >= 0.3 is 0 Å². The van der Waals surface area contributed by atoms with Gasteiger partial charge in [-0.25, -0.2) is 4.98 Å². The molecule has 2 N–H and O–H groups in total. The summed E-state index contributed by atoms with van der Waals surface area (Å²) >= 11 is 7.69. The molecule has 2 aromatic rings. The predicted octanol–water partition coefficient (Wildman–Crippen LogP) is 2.47. The van der Waals surface area contributed by atoms with Crippen LogP contribution in [0, 0.1) is 0 Å². The summed E-state index contributed by atoms with van der Waals surface area (Å²) in [6.45, 7) is 0.500. The Kier molecular flexibility index (Phi) is 3.76. The fourth-order valence-electron chi connectivity index (χ4n) is 1.51. The summed E-state index contributed by atoms with van der Waals surface area (Å²) in [7, 11) is 1.66. The maximum atomic E-state index is 6.09. The first-order valence-electron chi connectivity index (χ1n) is 5.01. The van der Waals surface area contributed by atoms with Crippen LogP contribution in [-0.4, -0.2) is 24.7 Å². The number of thiazole rings is 1. The summed E-state index contributed by atoms with van der Waals surface area (Å²) in [5.41, 5.74) is 6.52. The third-order valence-electron chi connectivity index (χ3n) is 2.41. The van der Waals surface area contributed by atoms with Crippen LogP contribution in [0.1, 0.15) is 5.01 Å². The quantitative estimate of drug-likeness (QED) is 0.914. The Labute approximate surface area is 103 Å². The Bertz CT molecular complexity index is 482. The number of ether oxygens (including phenoxy) is 1. The van der Waals surface area contributed by atoms with Crippen molar-refractivity contribution in [2.24, 2.45) is 5.73 Å². The number of hydrogen-bond acceptors (Lipinski definition) is 4. The molecule has 1 aromatic carbocycles. The summed E-state index contributed by atoms with van der Waals surface area (Å²) in [6, 6.07) is 5.75. The highest BCUT2D eigenvalue weighted by molar-refractivity contribution is 7.19. The van der Waals surface area contributed by atoms with Crippen molar-refractivity contribution in [1.82, 2.24) is 4.98 Å². The first-order valence-corrected chi connectivity index (χ1v) is 6.21. The van der Waals surface area contributed by atoms with E-state index in [1.165, 1.54) is 0 Å². The molecule has 3 nitrogen and oxygen atoms in total. The molecule has 0 spiro atoms. The molecule has 0 aliphatic carbocycles. The number of nitrogens with zero attached hydrogens (tertiary/aromatic N) is 1. The van der Waals surface area contributed by atoms with Gasteiger partial charge in [-0.1, -0.05) is 17.7 Å². The van der Waals surface area contributed by atoms with Crippen LogP contribution in [-0.2, 0) is 11.2 Å². The van der Waals surface area contributed by atoms with Gasteiger partial charge in [-0.15, -0.1) is 11.3 Å². The highest BCUT2D eigenvalue weighted by Crippen LogP contribution is 2.29. The van der Waals surface area contributed by atoms with Gasteiger partial charge < -0.3 is 10.5 Å². The largest absolute Gasteiger partial charge is 0.380 e. The Hall–Kier alpha value is -0.680. The SMILES string of the molecule is COC(CN)Cc1nc2cccc(Cl)c2s1. The Balaban J connectivity index is 2.29. The maximum Gasteiger partial charge on any atom is 0.0965 e. The summed E-state index contributed by atoms with van der Waals surface area (Å²) in [5, 5.41) is 1.77. The third-order valence-corrected chi connectivity index (χ3v) is 3.96. The van der Waals surface area contributed by atoms with Gasteiger partial charge in [-0.3, -0.25) is 0 Å². The lowest BCUT2D eigenvalue weighted by atomic mass is 10.2. The zero-order valence-electron chi connectivity index (χ0n) is 8.94. The Morgan fingerprint density at radius 3 is 3.00 bits per heavy atom. The molecule has 0 saturated heterocycles. The smallest absolute Gasteiger partial charge is 0.0965 e. The zero-order valence-corrected chi connectivity index (χ0v) is 10.5. The molecular weight excluding hydrogens is 244 g/mol. The van der Waals surface area contributed by atoms with E-state index in [1.54, 1.807) is 18.4 Å². The molecule has 0 amide bonds. The normalized spacial score (nSPS) is 13.2. The van der Waals surface area contributed by atoms with Crippen molar-refractivity contribution in [3.05, 3.63) is 28.2 Å². The van der Waals surface area contributed by atoms with E-state index in [-0.39, 0.29) is 6.10 Å². The number of nitrogens with two attached hydrogens (primary N) is 1. The van der Waals surface area contributed by atoms with E-state index >= 15 is 0 Å². The van der Waals surface area contributed by atoms with Gasteiger partial charge in [-0.2, -0.15) is 0 Å². The van der Waals surface area contributed by atoms with Gasteiger partial charge in [0.25, 0.3) is 0 Å².